The standard InChI is InChI=1S/C29H31Cl2N3O4S/c1-3-20(2)32-29(36)27(15-21-7-5-4-6-8-21)33(17-23-11-12-24(30)16-26(23)31)28(35)19-39-18-22-9-13-25(14-10-22)34(37)38/h4-14,16,20,27H,3,15,17-19H2,1-2H3,(H,32,36). The van der Waals surface area contributed by atoms with Gasteiger partial charge in [-0.1, -0.05) is 78.7 Å². The van der Waals surface area contributed by atoms with Crippen molar-refractivity contribution in [1.82, 2.24) is 10.2 Å². The average molecular weight is 589 g/mol. The summed E-state index contributed by atoms with van der Waals surface area (Å²) in [5.74, 6) is 0.159. The van der Waals surface area contributed by atoms with Gasteiger partial charge in [0.25, 0.3) is 5.69 Å². The highest BCUT2D eigenvalue weighted by Crippen LogP contribution is 2.25. The molecule has 0 aliphatic rings. The van der Waals surface area contributed by atoms with E-state index in [9.17, 15) is 19.7 Å². The first-order chi connectivity index (χ1) is 18.7. The van der Waals surface area contributed by atoms with E-state index in [1.807, 2.05) is 44.2 Å². The molecule has 1 N–H and O–H groups in total. The van der Waals surface area contributed by atoms with Crippen LogP contribution < -0.4 is 5.32 Å². The Balaban J connectivity index is 1.86. The number of rotatable bonds is 13. The van der Waals surface area contributed by atoms with Crippen LogP contribution in [0.25, 0.3) is 0 Å². The Kier molecular flexibility index (Phi) is 11.7. The zero-order valence-electron chi connectivity index (χ0n) is 21.8. The number of nitrogens with one attached hydrogen (secondary N) is 1. The van der Waals surface area contributed by atoms with Crippen molar-refractivity contribution in [2.24, 2.45) is 0 Å². The Morgan fingerprint density at radius 2 is 1.72 bits per heavy atom. The van der Waals surface area contributed by atoms with Gasteiger partial charge in [0.15, 0.2) is 0 Å². The van der Waals surface area contributed by atoms with Gasteiger partial charge in [-0.2, -0.15) is 0 Å². The van der Waals surface area contributed by atoms with Crippen LogP contribution in [-0.2, 0) is 28.3 Å². The van der Waals surface area contributed by atoms with Gasteiger partial charge >= 0.3 is 0 Å². The molecule has 2 unspecified atom stereocenters. The van der Waals surface area contributed by atoms with Crippen molar-refractivity contribution in [2.75, 3.05) is 5.75 Å². The second kappa shape index (κ2) is 14.9. The molecule has 0 radical (unpaired) electrons. The number of nitro groups is 1. The quantitative estimate of drug-likeness (QED) is 0.177. The molecule has 0 bridgehead atoms. The van der Waals surface area contributed by atoms with Gasteiger partial charge in [-0.3, -0.25) is 19.7 Å². The molecule has 39 heavy (non-hydrogen) atoms. The monoisotopic (exact) mass is 587 g/mol. The fourth-order valence-corrected chi connectivity index (χ4v) is 5.22. The molecule has 2 atom stereocenters. The van der Waals surface area contributed by atoms with Crippen LogP contribution in [0.4, 0.5) is 5.69 Å². The van der Waals surface area contributed by atoms with Crippen LogP contribution in [-0.4, -0.2) is 39.5 Å². The highest BCUT2D eigenvalue weighted by atomic mass is 35.5. The van der Waals surface area contributed by atoms with E-state index >= 15 is 0 Å². The summed E-state index contributed by atoms with van der Waals surface area (Å²) in [5, 5.41) is 14.9. The first kappa shape index (κ1) is 30.5. The maximum atomic E-state index is 13.7. The zero-order chi connectivity index (χ0) is 28.4. The summed E-state index contributed by atoms with van der Waals surface area (Å²) in [6, 6.07) is 20.1. The maximum absolute atomic E-state index is 13.7. The zero-order valence-corrected chi connectivity index (χ0v) is 24.1. The molecule has 3 aromatic rings. The van der Waals surface area contributed by atoms with Gasteiger partial charge in [0, 0.05) is 46.9 Å². The predicted molar refractivity (Wildman–Crippen MR) is 158 cm³/mol. The Bertz CT molecular complexity index is 1280. The lowest BCUT2D eigenvalue weighted by Gasteiger charge is -2.32. The molecule has 206 valence electrons. The van der Waals surface area contributed by atoms with Gasteiger partial charge in [-0.25, -0.2) is 0 Å². The Labute approximate surface area is 243 Å². The fourth-order valence-electron chi connectivity index (χ4n) is 3.88. The Hall–Kier alpha value is -3.07. The lowest BCUT2D eigenvalue weighted by atomic mass is 10.0. The largest absolute Gasteiger partial charge is 0.352 e. The summed E-state index contributed by atoms with van der Waals surface area (Å²) in [6.45, 7) is 4.06. The Morgan fingerprint density at radius 1 is 1.03 bits per heavy atom. The lowest BCUT2D eigenvalue weighted by Crippen LogP contribution is -2.52. The topological polar surface area (TPSA) is 92.6 Å². The number of nitro benzene ring substituents is 1. The Morgan fingerprint density at radius 3 is 2.33 bits per heavy atom. The maximum Gasteiger partial charge on any atom is 0.269 e. The van der Waals surface area contributed by atoms with Crippen molar-refractivity contribution < 1.29 is 14.5 Å². The van der Waals surface area contributed by atoms with Gasteiger partial charge in [0.1, 0.15) is 6.04 Å². The van der Waals surface area contributed by atoms with Crippen molar-refractivity contribution in [2.45, 2.75) is 51.1 Å². The van der Waals surface area contributed by atoms with Crippen molar-refractivity contribution in [3.63, 3.8) is 0 Å². The van der Waals surface area contributed by atoms with Crippen molar-refractivity contribution in [3.05, 3.63) is 110 Å². The molecule has 0 fully saturated rings. The molecule has 0 aromatic heterocycles. The summed E-state index contributed by atoms with van der Waals surface area (Å²) in [7, 11) is 0. The van der Waals surface area contributed by atoms with E-state index < -0.39 is 11.0 Å². The second-order valence-electron chi connectivity index (χ2n) is 9.20. The summed E-state index contributed by atoms with van der Waals surface area (Å²) < 4.78 is 0. The van der Waals surface area contributed by atoms with E-state index in [2.05, 4.69) is 5.32 Å². The van der Waals surface area contributed by atoms with Crippen molar-refractivity contribution in [1.29, 1.82) is 0 Å². The molecule has 0 saturated heterocycles. The normalized spacial score (nSPS) is 12.4. The second-order valence-corrected chi connectivity index (χ2v) is 11.0. The number of non-ortho nitro benzene ring substituents is 1. The third-order valence-corrected chi connectivity index (χ3v) is 7.84. The number of hydrogen-bond donors (Lipinski definition) is 1. The minimum atomic E-state index is -0.763. The number of halogens is 2. The SMILES string of the molecule is CCC(C)NC(=O)C(Cc1ccccc1)N(Cc1ccc(Cl)cc1Cl)C(=O)CSCc1ccc([N+](=O)[O-])cc1. The number of hydrogen-bond acceptors (Lipinski definition) is 5. The van der Waals surface area contributed by atoms with E-state index in [1.54, 1.807) is 35.2 Å². The van der Waals surface area contributed by atoms with E-state index in [1.165, 1.54) is 23.9 Å². The summed E-state index contributed by atoms with van der Waals surface area (Å²) in [4.78, 5) is 39.3. The lowest BCUT2D eigenvalue weighted by molar-refractivity contribution is -0.384. The molecular weight excluding hydrogens is 557 g/mol. The molecule has 3 aromatic carbocycles. The molecule has 3 rings (SSSR count). The van der Waals surface area contributed by atoms with Gasteiger partial charge in [0.2, 0.25) is 11.8 Å². The van der Waals surface area contributed by atoms with E-state index in [0.717, 1.165) is 17.5 Å². The van der Waals surface area contributed by atoms with Crippen LogP contribution >= 0.6 is 35.0 Å². The van der Waals surface area contributed by atoms with Crippen LogP contribution in [0.3, 0.4) is 0 Å². The minimum absolute atomic E-state index is 0.0157. The minimum Gasteiger partial charge on any atom is -0.352 e. The number of thioether (sulfide) groups is 1. The number of amides is 2. The van der Waals surface area contributed by atoms with Crippen molar-refractivity contribution in [3.8, 4) is 0 Å². The third kappa shape index (κ3) is 9.27. The molecule has 7 nitrogen and oxygen atoms in total. The number of carbonyl (C=O) groups excluding carboxylic acids is 2. The summed E-state index contributed by atoms with van der Waals surface area (Å²) >= 11 is 13.9. The van der Waals surface area contributed by atoms with Gasteiger partial charge in [-0.05, 0) is 42.2 Å². The molecule has 0 aliphatic carbocycles. The van der Waals surface area contributed by atoms with Crippen LogP contribution in [0.1, 0.15) is 37.0 Å². The van der Waals surface area contributed by atoms with Crippen LogP contribution in [0, 0.1) is 10.1 Å². The molecular formula is C29H31Cl2N3O4S. The molecule has 0 saturated carbocycles. The number of nitrogens with zero attached hydrogens (tertiary/aromatic N) is 2. The predicted octanol–water partition coefficient (Wildman–Crippen LogP) is 6.69. The smallest absolute Gasteiger partial charge is 0.269 e. The van der Waals surface area contributed by atoms with Crippen molar-refractivity contribution >= 4 is 52.5 Å². The molecule has 0 heterocycles. The highest BCUT2D eigenvalue weighted by molar-refractivity contribution is 7.99. The summed E-state index contributed by atoms with van der Waals surface area (Å²) in [6.07, 6.45) is 1.10. The molecule has 10 heteroatoms. The van der Waals surface area contributed by atoms with Crippen LogP contribution in [0.2, 0.25) is 10.0 Å². The van der Waals surface area contributed by atoms with Crippen LogP contribution in [0.15, 0.2) is 72.8 Å². The van der Waals surface area contributed by atoms with E-state index in [-0.39, 0.29) is 35.8 Å². The molecule has 0 aliphatic heterocycles. The average Bonchev–Trinajstić information content (AvgIpc) is 2.92. The van der Waals surface area contributed by atoms with Gasteiger partial charge in [0.05, 0.1) is 10.7 Å². The highest BCUT2D eigenvalue weighted by Gasteiger charge is 2.31. The number of benzene rings is 3. The fraction of sp³-hybridized carbons (Fsp3) is 0.310. The third-order valence-electron chi connectivity index (χ3n) is 6.27. The van der Waals surface area contributed by atoms with Crippen LogP contribution in [0.5, 0.6) is 0 Å². The number of carbonyl (C=O) groups is 2. The summed E-state index contributed by atoms with van der Waals surface area (Å²) in [5.41, 5.74) is 2.49. The van der Waals surface area contributed by atoms with E-state index in [0.29, 0.717) is 27.8 Å². The van der Waals surface area contributed by atoms with E-state index in [4.69, 9.17) is 23.2 Å². The van der Waals surface area contributed by atoms with Gasteiger partial charge in [-0.15, -0.1) is 11.8 Å². The van der Waals surface area contributed by atoms with Gasteiger partial charge < -0.3 is 10.2 Å². The molecule has 0 spiro atoms. The first-order valence-electron chi connectivity index (χ1n) is 12.6. The first-order valence-corrected chi connectivity index (χ1v) is 14.5. The molecule has 2 amide bonds.